The van der Waals surface area contributed by atoms with E-state index in [9.17, 15) is 4.79 Å². The van der Waals surface area contributed by atoms with Crippen LogP contribution in [0.4, 0.5) is 5.82 Å². The average Bonchev–Trinajstić information content (AvgIpc) is 3.06. The molecule has 1 atom stereocenters. The molecule has 126 valence electrons. The highest BCUT2D eigenvalue weighted by Gasteiger charge is 2.16. The lowest BCUT2D eigenvalue weighted by Crippen LogP contribution is -2.13. The van der Waals surface area contributed by atoms with Crippen LogP contribution in [0.3, 0.4) is 0 Å². The van der Waals surface area contributed by atoms with Gasteiger partial charge in [0.1, 0.15) is 12.4 Å². The Hall–Kier alpha value is -3.33. The quantitative estimate of drug-likeness (QED) is 0.818. The topological polar surface area (TPSA) is 89.6 Å². The highest BCUT2D eigenvalue weighted by atomic mass is 16.5. The van der Waals surface area contributed by atoms with Crippen molar-refractivity contribution in [3.8, 4) is 12.3 Å². The molecule has 2 heterocycles. The Morgan fingerprint density at radius 2 is 2.12 bits per heavy atom. The molecule has 0 saturated carbocycles. The third kappa shape index (κ3) is 4.36. The van der Waals surface area contributed by atoms with Gasteiger partial charge in [-0.2, -0.15) is 0 Å². The summed E-state index contributed by atoms with van der Waals surface area (Å²) in [5, 5.41) is 2.74. The van der Waals surface area contributed by atoms with Gasteiger partial charge in [-0.3, -0.25) is 4.79 Å². The van der Waals surface area contributed by atoms with Crippen LogP contribution in [0.15, 0.2) is 47.6 Å². The molecular formula is C19H18N4O2. The van der Waals surface area contributed by atoms with Gasteiger partial charge in [-0.25, -0.2) is 9.98 Å². The van der Waals surface area contributed by atoms with Crippen molar-refractivity contribution >= 4 is 17.7 Å². The van der Waals surface area contributed by atoms with Crippen molar-refractivity contribution in [3.05, 3.63) is 59.3 Å². The lowest BCUT2D eigenvalue weighted by molar-refractivity contribution is 0.102. The number of benzene rings is 1. The van der Waals surface area contributed by atoms with Crippen molar-refractivity contribution in [1.82, 2.24) is 4.98 Å². The summed E-state index contributed by atoms with van der Waals surface area (Å²) < 4.78 is 5.13. The second kappa shape index (κ2) is 7.49. The van der Waals surface area contributed by atoms with Gasteiger partial charge in [-0.05, 0) is 42.7 Å². The van der Waals surface area contributed by atoms with Crippen LogP contribution in [0.25, 0.3) is 0 Å². The van der Waals surface area contributed by atoms with Crippen molar-refractivity contribution in [3.63, 3.8) is 0 Å². The van der Waals surface area contributed by atoms with E-state index >= 15 is 0 Å². The average molecular weight is 334 g/mol. The summed E-state index contributed by atoms with van der Waals surface area (Å²) in [6.45, 7) is 0.539. The first-order valence-corrected chi connectivity index (χ1v) is 7.93. The van der Waals surface area contributed by atoms with E-state index in [2.05, 4.69) is 21.2 Å². The van der Waals surface area contributed by atoms with Crippen LogP contribution in [0.1, 0.15) is 27.9 Å². The highest BCUT2D eigenvalue weighted by molar-refractivity contribution is 6.03. The standard InChI is InChI=1S/C19H18N4O2/c1-2-13-6-10-17(21-11-13)23-18(24)15-7-3-14(4-8-15)5-9-16-12-25-19(20)22-16/h1,3-4,6-8,10-11,16H,5,9,12H2,(H2,20,22)(H,21,23,24). The third-order valence-corrected chi connectivity index (χ3v) is 3.89. The Labute approximate surface area is 146 Å². The number of aliphatic imine (C=N–C) groups is 1. The minimum absolute atomic E-state index is 0.111. The molecule has 25 heavy (non-hydrogen) atoms. The predicted octanol–water partition coefficient (Wildman–Crippen LogP) is 1.96. The summed E-state index contributed by atoms with van der Waals surface area (Å²) in [5.74, 6) is 2.73. The maximum absolute atomic E-state index is 12.2. The first-order valence-electron chi connectivity index (χ1n) is 7.93. The maximum Gasteiger partial charge on any atom is 0.282 e. The van der Waals surface area contributed by atoms with Gasteiger partial charge in [-0.15, -0.1) is 6.42 Å². The van der Waals surface area contributed by atoms with Gasteiger partial charge in [0.15, 0.2) is 0 Å². The Morgan fingerprint density at radius 1 is 1.32 bits per heavy atom. The number of hydrogen-bond donors (Lipinski definition) is 2. The molecule has 1 aliphatic rings. The predicted molar refractivity (Wildman–Crippen MR) is 96.3 cm³/mol. The van der Waals surface area contributed by atoms with E-state index < -0.39 is 0 Å². The number of aryl methyl sites for hydroxylation is 1. The molecule has 0 saturated heterocycles. The molecule has 0 aliphatic carbocycles. The lowest BCUT2D eigenvalue weighted by atomic mass is 10.0. The van der Waals surface area contributed by atoms with E-state index in [4.69, 9.17) is 16.9 Å². The highest BCUT2D eigenvalue weighted by Crippen LogP contribution is 2.13. The van der Waals surface area contributed by atoms with Gasteiger partial charge in [0.25, 0.3) is 11.9 Å². The number of ether oxygens (including phenoxy) is 1. The summed E-state index contributed by atoms with van der Waals surface area (Å²) in [5.41, 5.74) is 7.86. The van der Waals surface area contributed by atoms with Crippen LogP contribution >= 0.6 is 0 Å². The number of carbonyl (C=O) groups excluding carboxylic acids is 1. The van der Waals surface area contributed by atoms with Crippen molar-refractivity contribution in [2.24, 2.45) is 10.7 Å². The summed E-state index contributed by atoms with van der Waals surface area (Å²) in [6.07, 6.45) is 8.53. The van der Waals surface area contributed by atoms with Gasteiger partial charge in [0.05, 0.1) is 6.04 Å². The van der Waals surface area contributed by atoms with E-state index in [1.54, 1.807) is 30.5 Å². The molecule has 0 bridgehead atoms. The van der Waals surface area contributed by atoms with Crippen molar-refractivity contribution in [1.29, 1.82) is 0 Å². The second-order valence-corrected chi connectivity index (χ2v) is 5.70. The fraction of sp³-hybridized carbons (Fsp3) is 0.211. The van der Waals surface area contributed by atoms with Crippen LogP contribution in [-0.2, 0) is 11.2 Å². The number of amidine groups is 1. The SMILES string of the molecule is C#Cc1ccc(NC(=O)c2ccc(CCC3COC(N)=N3)cc2)nc1. The number of rotatable bonds is 5. The number of terminal acetylenes is 1. The zero-order valence-corrected chi connectivity index (χ0v) is 13.6. The summed E-state index contributed by atoms with van der Waals surface area (Å²) in [7, 11) is 0. The zero-order valence-electron chi connectivity index (χ0n) is 13.6. The number of nitrogens with one attached hydrogen (secondary N) is 1. The number of carbonyl (C=O) groups is 1. The minimum Gasteiger partial charge on any atom is -0.463 e. The molecule has 1 unspecified atom stereocenters. The number of amides is 1. The maximum atomic E-state index is 12.2. The van der Waals surface area contributed by atoms with Gasteiger partial charge < -0.3 is 15.8 Å². The van der Waals surface area contributed by atoms with Crippen molar-refractivity contribution in [2.45, 2.75) is 18.9 Å². The number of hydrogen-bond acceptors (Lipinski definition) is 5. The van der Waals surface area contributed by atoms with Gasteiger partial charge in [0, 0.05) is 17.3 Å². The fourth-order valence-corrected chi connectivity index (χ4v) is 2.48. The number of aromatic nitrogens is 1. The summed E-state index contributed by atoms with van der Waals surface area (Å²) >= 11 is 0. The van der Waals surface area contributed by atoms with Crippen LogP contribution in [0.2, 0.25) is 0 Å². The molecule has 3 N–H and O–H groups in total. The smallest absolute Gasteiger partial charge is 0.282 e. The van der Waals surface area contributed by atoms with Gasteiger partial charge >= 0.3 is 0 Å². The molecule has 6 nitrogen and oxygen atoms in total. The molecule has 0 radical (unpaired) electrons. The van der Waals surface area contributed by atoms with E-state index in [-0.39, 0.29) is 18.0 Å². The fourth-order valence-electron chi connectivity index (χ4n) is 2.48. The van der Waals surface area contributed by atoms with Crippen LogP contribution in [-0.4, -0.2) is 29.6 Å². The zero-order chi connectivity index (χ0) is 17.6. The molecule has 1 aromatic heterocycles. The summed E-state index contributed by atoms with van der Waals surface area (Å²) in [4.78, 5) is 20.5. The lowest BCUT2D eigenvalue weighted by Gasteiger charge is -2.07. The molecule has 1 aliphatic heterocycles. The third-order valence-electron chi connectivity index (χ3n) is 3.89. The molecular weight excluding hydrogens is 316 g/mol. The van der Waals surface area contributed by atoms with E-state index in [0.29, 0.717) is 23.6 Å². The Morgan fingerprint density at radius 3 is 2.72 bits per heavy atom. The van der Waals surface area contributed by atoms with Crippen LogP contribution < -0.4 is 11.1 Å². The van der Waals surface area contributed by atoms with Crippen LogP contribution in [0, 0.1) is 12.3 Å². The first-order chi connectivity index (χ1) is 12.1. The Bertz CT molecular complexity index is 820. The van der Waals surface area contributed by atoms with Crippen molar-refractivity contribution in [2.75, 3.05) is 11.9 Å². The minimum atomic E-state index is -0.214. The van der Waals surface area contributed by atoms with Crippen LogP contribution in [0.5, 0.6) is 0 Å². The first kappa shape index (κ1) is 16.5. The second-order valence-electron chi connectivity index (χ2n) is 5.70. The molecule has 1 amide bonds. The monoisotopic (exact) mass is 334 g/mol. The number of anilines is 1. The van der Waals surface area contributed by atoms with E-state index in [1.165, 1.54) is 0 Å². The Kier molecular flexibility index (Phi) is 4.95. The molecule has 6 heteroatoms. The Balaban J connectivity index is 1.55. The normalized spacial score (nSPS) is 15.8. The summed E-state index contributed by atoms with van der Waals surface area (Å²) in [6, 6.07) is 11.2. The van der Waals surface area contributed by atoms with Gasteiger partial charge in [-0.1, -0.05) is 18.1 Å². The van der Waals surface area contributed by atoms with Gasteiger partial charge in [0.2, 0.25) is 0 Å². The van der Waals surface area contributed by atoms with E-state index in [1.807, 2.05) is 12.1 Å². The molecule has 2 aromatic rings. The number of nitrogens with two attached hydrogens (primary N) is 1. The number of pyridine rings is 1. The molecule has 0 spiro atoms. The number of nitrogens with zero attached hydrogens (tertiary/aromatic N) is 2. The largest absolute Gasteiger partial charge is 0.463 e. The van der Waals surface area contributed by atoms with Crippen molar-refractivity contribution < 1.29 is 9.53 Å². The molecule has 3 rings (SSSR count). The van der Waals surface area contributed by atoms with E-state index in [0.717, 1.165) is 18.4 Å². The molecule has 0 fully saturated rings. The molecule has 1 aromatic carbocycles.